The lowest BCUT2D eigenvalue weighted by atomic mass is 9.85. The first kappa shape index (κ1) is 11.9. The zero-order chi connectivity index (χ0) is 11.9. The predicted molar refractivity (Wildman–Crippen MR) is 71.4 cm³/mol. The van der Waals surface area contributed by atoms with Crippen LogP contribution in [0.15, 0.2) is 0 Å². The van der Waals surface area contributed by atoms with Crippen LogP contribution in [0.5, 0.6) is 0 Å². The Balaban J connectivity index is 2.23. The van der Waals surface area contributed by atoms with Gasteiger partial charge in [-0.05, 0) is 45.4 Å². The Bertz CT molecular complexity index is 376. The lowest BCUT2D eigenvalue weighted by Crippen LogP contribution is -2.25. The molecule has 1 heterocycles. The first-order chi connectivity index (χ1) is 7.35. The van der Waals surface area contributed by atoms with Gasteiger partial charge in [0.1, 0.15) is 0 Å². The topological polar surface area (TPSA) is 24.9 Å². The van der Waals surface area contributed by atoms with Gasteiger partial charge in [0.15, 0.2) is 5.13 Å². The van der Waals surface area contributed by atoms with Gasteiger partial charge in [-0.3, -0.25) is 0 Å². The van der Waals surface area contributed by atoms with Gasteiger partial charge in [0.25, 0.3) is 0 Å². The number of nitrogens with zero attached hydrogens (tertiary/aromatic N) is 1. The van der Waals surface area contributed by atoms with Crippen molar-refractivity contribution in [2.45, 2.75) is 58.9 Å². The summed E-state index contributed by atoms with van der Waals surface area (Å²) >= 11 is 1.85. The maximum atomic E-state index is 4.76. The minimum Gasteiger partial charge on any atom is -0.357 e. The highest BCUT2D eigenvalue weighted by Crippen LogP contribution is 2.39. The number of hydrogen-bond donors (Lipinski definition) is 1. The summed E-state index contributed by atoms with van der Waals surface area (Å²) in [4.78, 5) is 6.26. The van der Waals surface area contributed by atoms with E-state index in [9.17, 15) is 0 Å². The summed E-state index contributed by atoms with van der Waals surface area (Å²) in [6.07, 6.45) is 2.49. The van der Waals surface area contributed by atoms with Crippen molar-refractivity contribution in [1.82, 2.24) is 4.98 Å². The van der Waals surface area contributed by atoms with Crippen LogP contribution in [-0.4, -0.2) is 10.5 Å². The summed E-state index contributed by atoms with van der Waals surface area (Å²) in [5, 5.41) is 4.58. The largest absolute Gasteiger partial charge is 0.357 e. The maximum Gasteiger partial charge on any atom is 0.183 e. The molecule has 16 heavy (non-hydrogen) atoms. The molecule has 1 N–H and O–H groups in total. The molecule has 1 aromatic heterocycles. The van der Waals surface area contributed by atoms with Crippen LogP contribution in [0.1, 0.15) is 57.5 Å². The number of fused-ring (bicyclic) bond motifs is 1. The van der Waals surface area contributed by atoms with E-state index >= 15 is 0 Å². The molecule has 0 amide bonds. The average Bonchev–Trinajstić information content (AvgIpc) is 2.43. The van der Waals surface area contributed by atoms with Gasteiger partial charge in [-0.2, -0.15) is 0 Å². The van der Waals surface area contributed by atoms with Crippen LogP contribution in [0.25, 0.3) is 0 Å². The highest BCUT2D eigenvalue weighted by molar-refractivity contribution is 7.15. The SMILES string of the molecule is CC1Cc2sc(NC(C)(C)C)nc2C(C)C1. The van der Waals surface area contributed by atoms with E-state index in [2.05, 4.69) is 39.9 Å². The lowest BCUT2D eigenvalue weighted by Gasteiger charge is -2.22. The summed E-state index contributed by atoms with van der Waals surface area (Å²) in [6, 6.07) is 0. The summed E-state index contributed by atoms with van der Waals surface area (Å²) < 4.78 is 0. The van der Waals surface area contributed by atoms with Gasteiger partial charge in [0, 0.05) is 10.4 Å². The molecule has 1 aliphatic carbocycles. The van der Waals surface area contributed by atoms with Gasteiger partial charge in [-0.15, -0.1) is 11.3 Å². The molecule has 90 valence electrons. The van der Waals surface area contributed by atoms with E-state index < -0.39 is 0 Å². The average molecular weight is 238 g/mol. The van der Waals surface area contributed by atoms with Gasteiger partial charge in [0.05, 0.1) is 5.69 Å². The Morgan fingerprint density at radius 3 is 2.62 bits per heavy atom. The number of aromatic nitrogens is 1. The van der Waals surface area contributed by atoms with E-state index in [0.717, 1.165) is 11.0 Å². The van der Waals surface area contributed by atoms with Crippen LogP contribution in [0.4, 0.5) is 5.13 Å². The minimum atomic E-state index is 0.106. The molecule has 0 aromatic carbocycles. The second-order valence-corrected chi connectivity index (χ2v) is 7.23. The van der Waals surface area contributed by atoms with Crippen molar-refractivity contribution in [3.63, 3.8) is 0 Å². The van der Waals surface area contributed by atoms with Crippen molar-refractivity contribution in [3.8, 4) is 0 Å². The second kappa shape index (κ2) is 4.02. The molecule has 3 heteroatoms. The summed E-state index contributed by atoms with van der Waals surface area (Å²) in [5.41, 5.74) is 1.45. The molecule has 0 bridgehead atoms. The minimum absolute atomic E-state index is 0.106. The molecule has 1 aromatic rings. The van der Waals surface area contributed by atoms with Gasteiger partial charge in [-0.1, -0.05) is 13.8 Å². The van der Waals surface area contributed by atoms with Crippen LogP contribution in [0.3, 0.4) is 0 Å². The van der Waals surface area contributed by atoms with E-state index in [0.29, 0.717) is 5.92 Å². The van der Waals surface area contributed by atoms with Crippen LogP contribution >= 0.6 is 11.3 Å². The molecule has 2 nitrogen and oxygen atoms in total. The Labute approximate surface area is 102 Å². The van der Waals surface area contributed by atoms with Crippen LogP contribution in [0, 0.1) is 5.92 Å². The monoisotopic (exact) mass is 238 g/mol. The molecule has 0 aliphatic heterocycles. The highest BCUT2D eigenvalue weighted by atomic mass is 32.1. The van der Waals surface area contributed by atoms with Crippen molar-refractivity contribution >= 4 is 16.5 Å². The summed E-state index contributed by atoms with van der Waals surface area (Å²) in [7, 11) is 0. The molecular formula is C13H22N2S. The predicted octanol–water partition coefficient (Wildman–Crippen LogP) is 4.04. The van der Waals surface area contributed by atoms with Crippen molar-refractivity contribution in [1.29, 1.82) is 0 Å². The molecule has 0 fully saturated rings. The molecule has 2 rings (SSSR count). The zero-order valence-corrected chi connectivity index (χ0v) is 11.7. The second-order valence-electron chi connectivity index (χ2n) is 6.15. The highest BCUT2D eigenvalue weighted by Gasteiger charge is 2.26. The lowest BCUT2D eigenvalue weighted by molar-refractivity contribution is 0.448. The molecule has 1 aliphatic rings. The first-order valence-electron chi connectivity index (χ1n) is 6.13. The van der Waals surface area contributed by atoms with E-state index in [-0.39, 0.29) is 5.54 Å². The van der Waals surface area contributed by atoms with Crippen LogP contribution in [-0.2, 0) is 6.42 Å². The van der Waals surface area contributed by atoms with E-state index in [1.54, 1.807) is 0 Å². The third-order valence-electron chi connectivity index (χ3n) is 2.97. The Morgan fingerprint density at radius 2 is 2.00 bits per heavy atom. The fourth-order valence-corrected chi connectivity index (χ4v) is 3.84. The van der Waals surface area contributed by atoms with Crippen molar-refractivity contribution in [2.75, 3.05) is 5.32 Å². The number of rotatable bonds is 1. The normalized spacial score (nSPS) is 25.3. The third kappa shape index (κ3) is 2.57. The van der Waals surface area contributed by atoms with Crippen LogP contribution in [0.2, 0.25) is 0 Å². The number of nitrogens with one attached hydrogen (secondary N) is 1. The maximum absolute atomic E-state index is 4.76. The number of thiazole rings is 1. The molecule has 0 spiro atoms. The molecule has 2 atom stereocenters. The molecular weight excluding hydrogens is 216 g/mol. The summed E-state index contributed by atoms with van der Waals surface area (Å²) in [5.74, 6) is 1.44. The zero-order valence-electron chi connectivity index (χ0n) is 10.9. The molecule has 0 saturated carbocycles. The fourth-order valence-electron chi connectivity index (χ4n) is 2.38. The van der Waals surface area contributed by atoms with Gasteiger partial charge >= 0.3 is 0 Å². The number of hydrogen-bond acceptors (Lipinski definition) is 3. The Hall–Kier alpha value is -0.570. The fraction of sp³-hybridized carbons (Fsp3) is 0.769. The quantitative estimate of drug-likeness (QED) is 0.798. The smallest absolute Gasteiger partial charge is 0.183 e. The van der Waals surface area contributed by atoms with Gasteiger partial charge in [-0.25, -0.2) is 4.98 Å². The van der Waals surface area contributed by atoms with Gasteiger partial charge in [0.2, 0.25) is 0 Å². The summed E-state index contributed by atoms with van der Waals surface area (Å²) in [6.45, 7) is 11.2. The van der Waals surface area contributed by atoms with Crippen molar-refractivity contribution in [2.24, 2.45) is 5.92 Å². The third-order valence-corrected chi connectivity index (χ3v) is 3.97. The van der Waals surface area contributed by atoms with E-state index in [1.807, 2.05) is 11.3 Å². The first-order valence-corrected chi connectivity index (χ1v) is 6.94. The standard InChI is InChI=1S/C13H22N2S/c1-8-6-9(2)11-10(7-8)16-12(14-11)15-13(3,4)5/h8-9H,6-7H2,1-5H3,(H,14,15). The molecule has 0 radical (unpaired) electrons. The Morgan fingerprint density at radius 1 is 1.31 bits per heavy atom. The number of anilines is 1. The van der Waals surface area contributed by atoms with Gasteiger partial charge < -0.3 is 5.32 Å². The molecule has 0 saturated heterocycles. The Kier molecular flexibility index (Phi) is 2.99. The van der Waals surface area contributed by atoms with Crippen molar-refractivity contribution < 1.29 is 0 Å². The molecule has 2 unspecified atom stereocenters. The van der Waals surface area contributed by atoms with E-state index in [4.69, 9.17) is 4.98 Å². The van der Waals surface area contributed by atoms with Crippen molar-refractivity contribution in [3.05, 3.63) is 10.6 Å². The van der Waals surface area contributed by atoms with Crippen LogP contribution < -0.4 is 5.32 Å². The van der Waals surface area contributed by atoms with E-state index in [1.165, 1.54) is 23.4 Å².